The van der Waals surface area contributed by atoms with Gasteiger partial charge in [0.2, 0.25) is 0 Å². The Balaban J connectivity index is 1.42. The van der Waals surface area contributed by atoms with Crippen LogP contribution in [0.2, 0.25) is 0 Å². The van der Waals surface area contributed by atoms with E-state index in [0.29, 0.717) is 24.3 Å². The molecule has 3 atom stereocenters. The van der Waals surface area contributed by atoms with E-state index in [4.69, 9.17) is 19.7 Å². The van der Waals surface area contributed by atoms with Crippen LogP contribution in [0.1, 0.15) is 65.9 Å². The molecular formula is C40H42N4O4. The SMILES string of the molecule is COC(=O)CC[C@@H]1C2=C3CC(O)=C4C3=NC(=C4C)C=C3N=C(C=C4N=C(C=C(N2)[C@H]1C)C(C)=C4[C@H](C)O)C(C)=C3CCc1ccccc1. The zero-order valence-electron chi connectivity index (χ0n) is 28.4. The summed E-state index contributed by atoms with van der Waals surface area (Å²) in [5, 5.41) is 26.0. The van der Waals surface area contributed by atoms with Crippen LogP contribution in [-0.2, 0) is 16.0 Å². The molecule has 246 valence electrons. The van der Waals surface area contributed by atoms with Gasteiger partial charge in [-0.05, 0) is 93.0 Å². The van der Waals surface area contributed by atoms with Gasteiger partial charge in [-0.2, -0.15) is 0 Å². The van der Waals surface area contributed by atoms with Crippen LogP contribution in [0.5, 0.6) is 0 Å². The number of esters is 1. The number of fused-ring (bicyclic) bond motifs is 5. The summed E-state index contributed by atoms with van der Waals surface area (Å²) >= 11 is 0. The summed E-state index contributed by atoms with van der Waals surface area (Å²) in [6.07, 6.45) is 8.29. The molecule has 48 heavy (non-hydrogen) atoms. The first kappa shape index (κ1) is 31.8. The number of nitrogens with one attached hydrogen (secondary N) is 1. The number of nitrogens with zero attached hydrogens (tertiary/aromatic N) is 3. The Bertz CT molecular complexity index is 1990. The first-order valence-electron chi connectivity index (χ1n) is 16.8. The van der Waals surface area contributed by atoms with Crippen molar-refractivity contribution in [3.8, 4) is 0 Å². The number of carbonyl (C=O) groups excluding carboxylic acids is 1. The molecule has 0 radical (unpaired) electrons. The van der Waals surface area contributed by atoms with Gasteiger partial charge in [0.1, 0.15) is 5.76 Å². The molecule has 0 unspecified atom stereocenters. The van der Waals surface area contributed by atoms with Gasteiger partial charge in [-0.1, -0.05) is 37.3 Å². The molecule has 7 rings (SSSR count). The van der Waals surface area contributed by atoms with Gasteiger partial charge in [0.25, 0.3) is 0 Å². The summed E-state index contributed by atoms with van der Waals surface area (Å²) in [6, 6.07) is 10.5. The average Bonchev–Trinajstić information content (AvgIpc) is 3.82. The summed E-state index contributed by atoms with van der Waals surface area (Å²) in [5.74, 6) is 0.0699. The molecule has 0 aromatic heterocycles. The summed E-state index contributed by atoms with van der Waals surface area (Å²) in [7, 11) is 1.41. The number of aliphatic imine (C=N–C) groups is 3. The van der Waals surface area contributed by atoms with E-state index in [2.05, 4.69) is 55.6 Å². The van der Waals surface area contributed by atoms with E-state index in [0.717, 1.165) is 91.8 Å². The van der Waals surface area contributed by atoms with Crippen LogP contribution in [0.15, 0.2) is 137 Å². The van der Waals surface area contributed by atoms with Gasteiger partial charge in [-0.25, -0.2) is 15.0 Å². The highest BCUT2D eigenvalue weighted by atomic mass is 16.5. The molecule has 5 heterocycles. The van der Waals surface area contributed by atoms with E-state index in [1.54, 1.807) is 6.92 Å². The minimum absolute atomic E-state index is 0.0205. The van der Waals surface area contributed by atoms with Crippen LogP contribution in [-0.4, -0.2) is 46.5 Å². The average molecular weight is 643 g/mol. The van der Waals surface area contributed by atoms with E-state index in [-0.39, 0.29) is 24.2 Å². The summed E-state index contributed by atoms with van der Waals surface area (Å²) in [6.45, 7) is 10.1. The molecule has 3 N–H and O–H groups in total. The second-order valence-corrected chi connectivity index (χ2v) is 13.5. The lowest BCUT2D eigenvalue weighted by atomic mass is 9.86. The van der Waals surface area contributed by atoms with E-state index in [1.165, 1.54) is 12.7 Å². The van der Waals surface area contributed by atoms with Gasteiger partial charge in [0.05, 0.1) is 47.4 Å². The lowest BCUT2D eigenvalue weighted by Gasteiger charge is -2.17. The fourth-order valence-corrected chi connectivity index (χ4v) is 7.81. The minimum atomic E-state index is -0.721. The zero-order valence-corrected chi connectivity index (χ0v) is 28.4. The Morgan fingerprint density at radius 3 is 2.44 bits per heavy atom. The number of aliphatic hydroxyl groups is 2. The fraction of sp³-hybridized carbons (Fsp3) is 0.350. The van der Waals surface area contributed by atoms with Gasteiger partial charge in [-0.3, -0.25) is 4.79 Å². The highest BCUT2D eigenvalue weighted by molar-refractivity contribution is 6.21. The summed E-state index contributed by atoms with van der Waals surface area (Å²) in [4.78, 5) is 27.7. The minimum Gasteiger partial charge on any atom is -0.511 e. The van der Waals surface area contributed by atoms with Crippen molar-refractivity contribution >= 4 is 23.1 Å². The number of aliphatic hydroxyl groups excluding tert-OH is 2. The van der Waals surface area contributed by atoms with Crippen molar-refractivity contribution in [1.82, 2.24) is 5.32 Å². The Labute approximate surface area is 281 Å². The van der Waals surface area contributed by atoms with Crippen molar-refractivity contribution < 1.29 is 19.7 Å². The van der Waals surface area contributed by atoms with Crippen LogP contribution in [0.4, 0.5) is 0 Å². The van der Waals surface area contributed by atoms with E-state index >= 15 is 0 Å². The number of benzene rings is 1. The molecular weight excluding hydrogens is 600 g/mol. The molecule has 8 nitrogen and oxygen atoms in total. The maximum absolute atomic E-state index is 12.3. The second kappa shape index (κ2) is 12.3. The molecule has 1 aliphatic carbocycles. The lowest BCUT2D eigenvalue weighted by Crippen LogP contribution is -2.16. The molecule has 8 bridgehead atoms. The maximum Gasteiger partial charge on any atom is 0.305 e. The number of ether oxygens (including phenoxy) is 1. The molecule has 0 amide bonds. The lowest BCUT2D eigenvalue weighted by molar-refractivity contribution is -0.140. The quantitative estimate of drug-likeness (QED) is 0.272. The number of allylic oxidation sites excluding steroid dienone is 11. The Morgan fingerprint density at radius 1 is 0.979 bits per heavy atom. The van der Waals surface area contributed by atoms with Crippen molar-refractivity contribution in [2.24, 2.45) is 26.8 Å². The van der Waals surface area contributed by atoms with E-state index < -0.39 is 6.10 Å². The van der Waals surface area contributed by atoms with Gasteiger partial charge in [0, 0.05) is 52.8 Å². The number of hydrogen-bond donors (Lipinski definition) is 3. The van der Waals surface area contributed by atoms with Gasteiger partial charge < -0.3 is 20.3 Å². The molecule has 0 spiro atoms. The van der Waals surface area contributed by atoms with Crippen molar-refractivity contribution in [1.29, 1.82) is 0 Å². The highest BCUT2D eigenvalue weighted by Gasteiger charge is 2.41. The molecule has 1 saturated heterocycles. The fourth-order valence-electron chi connectivity index (χ4n) is 7.81. The van der Waals surface area contributed by atoms with Crippen LogP contribution in [0.3, 0.4) is 0 Å². The predicted molar refractivity (Wildman–Crippen MR) is 189 cm³/mol. The molecule has 0 saturated carbocycles. The number of hydrogen-bond acceptors (Lipinski definition) is 8. The monoisotopic (exact) mass is 642 g/mol. The molecule has 1 aromatic carbocycles. The first-order chi connectivity index (χ1) is 23.0. The van der Waals surface area contributed by atoms with Crippen molar-refractivity contribution in [2.75, 3.05) is 7.11 Å². The smallest absolute Gasteiger partial charge is 0.305 e. The second-order valence-electron chi connectivity index (χ2n) is 13.5. The van der Waals surface area contributed by atoms with E-state index in [1.807, 2.05) is 26.0 Å². The molecule has 1 fully saturated rings. The third-order valence-corrected chi connectivity index (χ3v) is 10.6. The van der Waals surface area contributed by atoms with E-state index in [9.17, 15) is 15.0 Å². The predicted octanol–water partition coefficient (Wildman–Crippen LogP) is 7.21. The molecule has 6 aliphatic rings. The number of aryl methyl sites for hydroxylation is 1. The van der Waals surface area contributed by atoms with Crippen LogP contribution >= 0.6 is 0 Å². The molecule has 1 aromatic rings. The third kappa shape index (κ3) is 5.38. The molecule has 5 aliphatic heterocycles. The maximum atomic E-state index is 12.3. The largest absolute Gasteiger partial charge is 0.511 e. The highest BCUT2D eigenvalue weighted by Crippen LogP contribution is 2.46. The number of rotatable bonds is 7. The number of methoxy groups -OCH3 is 1. The normalized spacial score (nSPS) is 23.7. The summed E-state index contributed by atoms with van der Waals surface area (Å²) in [5.41, 5.74) is 14.5. The van der Waals surface area contributed by atoms with Crippen molar-refractivity contribution in [3.63, 3.8) is 0 Å². The van der Waals surface area contributed by atoms with Crippen molar-refractivity contribution in [2.45, 2.75) is 72.8 Å². The summed E-state index contributed by atoms with van der Waals surface area (Å²) < 4.78 is 5.00. The van der Waals surface area contributed by atoms with Gasteiger partial charge >= 0.3 is 5.97 Å². The Kier molecular flexibility index (Phi) is 8.16. The number of carbonyl (C=O) groups is 1. The standard InChI is InChI=1S/C40H42N4O4/c1-20-26(13-12-25-10-8-7-9-11-25)33-18-32-23(4)38-35(46)16-28(40(38)44-32)39-27(14-15-36(47)48-6)21(2)30(43-39)17-31-22(3)37(24(5)45)34(42-31)19-29(20)41-33/h7-11,17-19,21,24,27,43,45-46H,12-16H2,1-6H3/t21-,24-,27-/m0/s1. The Morgan fingerprint density at radius 2 is 1.71 bits per heavy atom. The van der Waals surface area contributed by atoms with Crippen LogP contribution < -0.4 is 5.32 Å². The zero-order chi connectivity index (χ0) is 33.9. The van der Waals surface area contributed by atoms with Crippen LogP contribution in [0.25, 0.3) is 0 Å². The van der Waals surface area contributed by atoms with Crippen LogP contribution in [0, 0.1) is 11.8 Å². The molecule has 8 heteroatoms. The van der Waals surface area contributed by atoms with Gasteiger partial charge in [0.15, 0.2) is 0 Å². The van der Waals surface area contributed by atoms with Crippen molar-refractivity contribution in [3.05, 3.63) is 127 Å². The third-order valence-electron chi connectivity index (χ3n) is 10.6. The first-order valence-corrected chi connectivity index (χ1v) is 16.8. The Hall–Kier alpha value is -4.82. The van der Waals surface area contributed by atoms with Gasteiger partial charge in [-0.15, -0.1) is 0 Å². The topological polar surface area (TPSA) is 116 Å².